The van der Waals surface area contributed by atoms with Crippen LogP contribution in [0.1, 0.15) is 6.92 Å². The maximum Gasteiger partial charge on any atom is 0.0704 e. The highest BCUT2D eigenvalue weighted by Crippen LogP contribution is 1.98. The molecule has 12 heavy (non-hydrogen) atoms. The first-order valence-corrected chi connectivity index (χ1v) is 4.82. The lowest BCUT2D eigenvalue weighted by atomic mass is 10.4. The first-order valence-electron chi connectivity index (χ1n) is 3.94. The second-order valence-corrected chi connectivity index (χ2v) is 2.97. The van der Waals surface area contributed by atoms with Gasteiger partial charge < -0.3 is 15.2 Å². The summed E-state index contributed by atoms with van der Waals surface area (Å²) in [6, 6.07) is 0. The van der Waals surface area contributed by atoms with Crippen LogP contribution in [-0.4, -0.2) is 38.2 Å². The normalized spacial score (nSPS) is 13.2. The minimum atomic E-state index is 0.0733. The second kappa shape index (κ2) is 9.25. The number of ether oxygens (including phenoxy) is 2. The van der Waals surface area contributed by atoms with Gasteiger partial charge in [-0.2, -0.15) is 3.89 Å². The third-order valence-corrected chi connectivity index (χ3v) is 1.59. The molecule has 0 bridgehead atoms. The zero-order valence-corrected chi connectivity index (χ0v) is 8.11. The Hall–Kier alpha value is 0.160. The van der Waals surface area contributed by atoms with Crippen molar-refractivity contribution in [1.29, 1.82) is 0 Å². The van der Waals surface area contributed by atoms with Gasteiger partial charge >= 0.3 is 0 Å². The van der Waals surface area contributed by atoms with Gasteiger partial charge in [0.1, 0.15) is 0 Å². The summed E-state index contributed by atoms with van der Waals surface area (Å²) in [5.41, 5.74) is 5.32. The van der Waals surface area contributed by atoms with E-state index in [9.17, 15) is 3.89 Å². The van der Waals surface area contributed by atoms with Crippen molar-refractivity contribution in [2.75, 3.05) is 32.1 Å². The van der Waals surface area contributed by atoms with Crippen LogP contribution in [0.15, 0.2) is 0 Å². The Labute approximate surface area is 77.1 Å². The van der Waals surface area contributed by atoms with Gasteiger partial charge in [0.2, 0.25) is 0 Å². The molecule has 0 saturated carbocycles. The standard InChI is InChI=1S/C7H16FNO2S/c1-7(6-9)11-3-2-10-4-5-12-8/h7H,2-6,9H2,1H3. The number of nitrogens with two attached hydrogens (primary N) is 1. The van der Waals surface area contributed by atoms with Crippen molar-refractivity contribution in [3.63, 3.8) is 0 Å². The van der Waals surface area contributed by atoms with E-state index in [0.717, 1.165) is 0 Å². The van der Waals surface area contributed by atoms with Gasteiger partial charge in [-0.1, -0.05) is 0 Å². The molecule has 0 aromatic heterocycles. The Bertz CT molecular complexity index is 97.5. The summed E-state index contributed by atoms with van der Waals surface area (Å²) in [4.78, 5) is 0. The fraction of sp³-hybridized carbons (Fsp3) is 1.00. The maximum atomic E-state index is 11.5. The van der Waals surface area contributed by atoms with Crippen LogP contribution >= 0.6 is 12.1 Å². The zero-order valence-electron chi connectivity index (χ0n) is 7.29. The Kier molecular flexibility index (Phi) is 9.37. The lowest BCUT2D eigenvalue weighted by Gasteiger charge is -2.09. The molecule has 1 unspecified atom stereocenters. The topological polar surface area (TPSA) is 44.5 Å². The van der Waals surface area contributed by atoms with Gasteiger partial charge in [0.05, 0.1) is 25.9 Å². The van der Waals surface area contributed by atoms with Crippen LogP contribution in [0.2, 0.25) is 0 Å². The highest BCUT2D eigenvalue weighted by atomic mass is 32.2. The van der Waals surface area contributed by atoms with Crippen molar-refractivity contribution in [2.24, 2.45) is 5.73 Å². The molecule has 0 aliphatic rings. The van der Waals surface area contributed by atoms with Crippen LogP contribution in [0, 0.1) is 0 Å². The molecule has 0 aromatic carbocycles. The molecule has 0 radical (unpaired) electrons. The molecule has 5 heteroatoms. The summed E-state index contributed by atoms with van der Waals surface area (Å²) < 4.78 is 21.7. The van der Waals surface area contributed by atoms with Gasteiger partial charge in [0, 0.05) is 24.4 Å². The molecule has 3 nitrogen and oxygen atoms in total. The summed E-state index contributed by atoms with van der Waals surface area (Å²) in [6.07, 6.45) is 0.0733. The molecule has 0 saturated heterocycles. The van der Waals surface area contributed by atoms with Crippen LogP contribution in [0.4, 0.5) is 3.89 Å². The average molecular weight is 197 g/mol. The zero-order chi connectivity index (χ0) is 9.23. The first kappa shape index (κ1) is 12.2. The van der Waals surface area contributed by atoms with Crippen LogP contribution in [0.25, 0.3) is 0 Å². The Morgan fingerprint density at radius 1 is 1.42 bits per heavy atom. The van der Waals surface area contributed by atoms with Crippen LogP contribution in [-0.2, 0) is 9.47 Å². The molecule has 0 heterocycles. The van der Waals surface area contributed by atoms with Gasteiger partial charge in [-0.25, -0.2) is 0 Å². The second-order valence-electron chi connectivity index (χ2n) is 2.34. The molecule has 0 aliphatic carbocycles. The quantitative estimate of drug-likeness (QED) is 0.589. The summed E-state index contributed by atoms with van der Waals surface area (Å²) >= 11 is 0.285. The van der Waals surface area contributed by atoms with Gasteiger partial charge in [-0.3, -0.25) is 0 Å². The SMILES string of the molecule is CC(CN)OCCOCCSF. The monoisotopic (exact) mass is 197 g/mol. The van der Waals surface area contributed by atoms with Gasteiger partial charge in [-0.05, 0) is 6.92 Å². The van der Waals surface area contributed by atoms with Gasteiger partial charge in [0.25, 0.3) is 0 Å². The predicted molar refractivity (Wildman–Crippen MR) is 48.9 cm³/mol. The molecular weight excluding hydrogens is 181 g/mol. The highest BCUT2D eigenvalue weighted by Gasteiger charge is 1.97. The molecule has 2 N–H and O–H groups in total. The van der Waals surface area contributed by atoms with Crippen LogP contribution in [0.5, 0.6) is 0 Å². The molecule has 0 aromatic rings. The fourth-order valence-corrected chi connectivity index (χ4v) is 0.750. The van der Waals surface area contributed by atoms with E-state index >= 15 is 0 Å². The van der Waals surface area contributed by atoms with E-state index in [4.69, 9.17) is 15.2 Å². The van der Waals surface area contributed by atoms with Crippen molar-refractivity contribution in [3.8, 4) is 0 Å². The van der Waals surface area contributed by atoms with Crippen molar-refractivity contribution >= 4 is 12.1 Å². The third kappa shape index (κ3) is 8.26. The lowest BCUT2D eigenvalue weighted by molar-refractivity contribution is 0.0198. The smallest absolute Gasteiger partial charge is 0.0704 e. The van der Waals surface area contributed by atoms with Crippen molar-refractivity contribution < 1.29 is 13.4 Å². The lowest BCUT2D eigenvalue weighted by Crippen LogP contribution is -2.22. The number of rotatable bonds is 8. The Morgan fingerprint density at radius 3 is 2.75 bits per heavy atom. The summed E-state index contributed by atoms with van der Waals surface area (Å²) in [6.45, 7) is 3.87. The van der Waals surface area contributed by atoms with E-state index < -0.39 is 0 Å². The minimum Gasteiger partial charge on any atom is -0.378 e. The number of hydrogen-bond donors (Lipinski definition) is 1. The van der Waals surface area contributed by atoms with Crippen molar-refractivity contribution in [2.45, 2.75) is 13.0 Å². The Morgan fingerprint density at radius 2 is 2.17 bits per heavy atom. The molecule has 0 aliphatic heterocycles. The number of hydrogen-bond acceptors (Lipinski definition) is 4. The van der Waals surface area contributed by atoms with E-state index in [-0.39, 0.29) is 18.3 Å². The van der Waals surface area contributed by atoms with Gasteiger partial charge in [-0.15, -0.1) is 0 Å². The van der Waals surface area contributed by atoms with Crippen LogP contribution < -0.4 is 5.73 Å². The van der Waals surface area contributed by atoms with E-state index in [2.05, 4.69) is 0 Å². The Balaban J connectivity index is 2.90. The summed E-state index contributed by atoms with van der Waals surface area (Å²) in [5.74, 6) is 0.381. The van der Waals surface area contributed by atoms with Crippen LogP contribution in [0.3, 0.4) is 0 Å². The molecular formula is C7H16FNO2S. The molecule has 0 spiro atoms. The van der Waals surface area contributed by atoms with E-state index in [1.165, 1.54) is 0 Å². The van der Waals surface area contributed by atoms with Crippen molar-refractivity contribution in [3.05, 3.63) is 0 Å². The molecule has 1 atom stereocenters. The molecule has 0 fully saturated rings. The summed E-state index contributed by atoms with van der Waals surface area (Å²) in [5, 5.41) is 0. The average Bonchev–Trinajstić information content (AvgIpc) is 2.10. The maximum absolute atomic E-state index is 11.5. The first-order chi connectivity index (χ1) is 5.81. The fourth-order valence-electron chi connectivity index (χ4n) is 0.569. The molecule has 0 rings (SSSR count). The van der Waals surface area contributed by atoms with Gasteiger partial charge in [0.15, 0.2) is 0 Å². The predicted octanol–water partition coefficient (Wildman–Crippen LogP) is 0.985. The van der Waals surface area contributed by atoms with E-state index in [1.54, 1.807) is 0 Å². The minimum absolute atomic E-state index is 0.0733. The third-order valence-electron chi connectivity index (χ3n) is 1.27. The van der Waals surface area contributed by atoms with Crippen molar-refractivity contribution in [1.82, 2.24) is 0 Å². The molecule has 74 valence electrons. The highest BCUT2D eigenvalue weighted by molar-refractivity contribution is 7.94. The largest absolute Gasteiger partial charge is 0.378 e. The summed E-state index contributed by atoms with van der Waals surface area (Å²) in [7, 11) is 0. The molecule has 0 amide bonds. The number of halogens is 1. The van der Waals surface area contributed by atoms with E-state index in [1.807, 2.05) is 6.92 Å². The van der Waals surface area contributed by atoms with E-state index in [0.29, 0.717) is 32.1 Å².